The molecule has 2 aromatic heterocycles. The van der Waals surface area contributed by atoms with Crippen molar-refractivity contribution in [2.45, 2.75) is 25.6 Å². The monoisotopic (exact) mass is 342 g/mol. The summed E-state index contributed by atoms with van der Waals surface area (Å²) in [5, 5.41) is 4.17. The number of methoxy groups -OCH3 is 1. The van der Waals surface area contributed by atoms with Gasteiger partial charge in [-0.05, 0) is 18.4 Å². The Balaban J connectivity index is 1.56. The first-order valence-electron chi connectivity index (χ1n) is 8.07. The van der Waals surface area contributed by atoms with Crippen molar-refractivity contribution < 1.29 is 9.47 Å². The highest BCUT2D eigenvalue weighted by molar-refractivity contribution is 5.60. The molecule has 25 heavy (non-hydrogen) atoms. The number of benzene rings is 1. The first kappa shape index (κ1) is 17.1. The number of aromatic nitrogens is 4. The Morgan fingerprint density at radius 2 is 2.00 bits per heavy atom. The number of nitrogens with zero attached hydrogens (tertiary/aromatic N) is 4. The van der Waals surface area contributed by atoms with E-state index < -0.39 is 0 Å². The van der Waals surface area contributed by atoms with Gasteiger partial charge in [-0.2, -0.15) is 4.98 Å². The lowest BCUT2D eigenvalue weighted by Gasteiger charge is -2.15. The van der Waals surface area contributed by atoms with E-state index >= 15 is 0 Å². The minimum atomic E-state index is -0.0224. The average Bonchev–Trinajstić information content (AvgIpc) is 3.02. The van der Waals surface area contributed by atoms with Crippen LogP contribution in [-0.4, -0.2) is 39.4 Å². The van der Waals surface area contributed by atoms with Crippen molar-refractivity contribution in [1.82, 2.24) is 19.6 Å². The van der Waals surface area contributed by atoms with Crippen LogP contribution in [0.4, 0.5) is 11.8 Å². The number of nitrogen functional groups attached to an aromatic ring is 2. The number of hydrogen-bond donors (Lipinski definition) is 2. The molecule has 0 saturated carbocycles. The summed E-state index contributed by atoms with van der Waals surface area (Å²) >= 11 is 0. The zero-order valence-electron chi connectivity index (χ0n) is 14.1. The van der Waals surface area contributed by atoms with Crippen LogP contribution in [-0.2, 0) is 22.5 Å². The van der Waals surface area contributed by atoms with E-state index in [9.17, 15) is 0 Å². The topological polar surface area (TPSA) is 114 Å². The van der Waals surface area contributed by atoms with Crippen LogP contribution in [0.15, 0.2) is 36.5 Å². The third kappa shape index (κ3) is 4.23. The molecule has 0 radical (unpaired) electrons. The van der Waals surface area contributed by atoms with Gasteiger partial charge in [-0.3, -0.25) is 0 Å². The SMILES string of the molecule is CO[C@@H](CCc1cnc2c(N)nc(N)nn12)COCc1ccccc1. The van der Waals surface area contributed by atoms with E-state index in [2.05, 4.69) is 15.1 Å². The molecule has 1 atom stereocenters. The Kier molecular flexibility index (Phi) is 5.42. The number of imidazole rings is 1. The molecule has 4 N–H and O–H groups in total. The smallest absolute Gasteiger partial charge is 0.240 e. The number of ether oxygens (including phenoxy) is 2. The number of rotatable bonds is 8. The lowest BCUT2D eigenvalue weighted by Crippen LogP contribution is -2.19. The van der Waals surface area contributed by atoms with E-state index in [-0.39, 0.29) is 17.9 Å². The Labute approximate surface area is 145 Å². The molecule has 0 aliphatic heterocycles. The molecule has 0 amide bonds. The first-order valence-corrected chi connectivity index (χ1v) is 8.07. The van der Waals surface area contributed by atoms with Crippen LogP contribution < -0.4 is 11.5 Å². The number of anilines is 2. The summed E-state index contributed by atoms with van der Waals surface area (Å²) in [6, 6.07) is 10.1. The second kappa shape index (κ2) is 7.91. The van der Waals surface area contributed by atoms with Gasteiger partial charge in [-0.25, -0.2) is 9.50 Å². The van der Waals surface area contributed by atoms with Crippen molar-refractivity contribution in [2.75, 3.05) is 25.2 Å². The molecule has 0 aliphatic rings. The minimum absolute atomic E-state index is 0.0224. The van der Waals surface area contributed by atoms with Crippen molar-refractivity contribution in [3.63, 3.8) is 0 Å². The van der Waals surface area contributed by atoms with Gasteiger partial charge in [0.15, 0.2) is 11.5 Å². The van der Waals surface area contributed by atoms with Crippen LogP contribution in [0, 0.1) is 0 Å². The molecular formula is C17H22N6O2. The summed E-state index contributed by atoms with van der Waals surface area (Å²) in [7, 11) is 1.68. The summed E-state index contributed by atoms with van der Waals surface area (Å²) < 4.78 is 12.9. The number of aryl methyl sites for hydroxylation is 1. The van der Waals surface area contributed by atoms with Gasteiger partial charge in [-0.15, -0.1) is 5.10 Å². The van der Waals surface area contributed by atoms with Crippen molar-refractivity contribution >= 4 is 17.4 Å². The fourth-order valence-electron chi connectivity index (χ4n) is 2.60. The molecular weight excluding hydrogens is 320 g/mol. The second-order valence-corrected chi connectivity index (χ2v) is 5.74. The summed E-state index contributed by atoms with van der Waals surface area (Å²) in [5.41, 5.74) is 14.0. The van der Waals surface area contributed by atoms with Gasteiger partial charge in [0.05, 0.1) is 31.2 Å². The summed E-state index contributed by atoms with van der Waals surface area (Å²) in [5.74, 6) is 0.395. The van der Waals surface area contributed by atoms with Crippen LogP contribution >= 0.6 is 0 Å². The molecule has 0 aliphatic carbocycles. The average molecular weight is 342 g/mol. The molecule has 3 rings (SSSR count). The predicted octanol–water partition coefficient (Wildman–Crippen LogP) is 1.45. The molecule has 0 spiro atoms. The van der Waals surface area contributed by atoms with Crippen molar-refractivity contribution in [3.05, 3.63) is 47.8 Å². The van der Waals surface area contributed by atoms with Crippen molar-refractivity contribution in [3.8, 4) is 0 Å². The van der Waals surface area contributed by atoms with Gasteiger partial charge in [-0.1, -0.05) is 30.3 Å². The van der Waals surface area contributed by atoms with Crippen molar-refractivity contribution in [1.29, 1.82) is 0 Å². The highest BCUT2D eigenvalue weighted by Crippen LogP contribution is 2.14. The fourth-order valence-corrected chi connectivity index (χ4v) is 2.60. The summed E-state index contributed by atoms with van der Waals surface area (Å²) in [4.78, 5) is 8.16. The van der Waals surface area contributed by atoms with Gasteiger partial charge in [0.2, 0.25) is 5.95 Å². The molecule has 0 saturated heterocycles. The third-order valence-corrected chi connectivity index (χ3v) is 3.95. The largest absolute Gasteiger partial charge is 0.380 e. The van der Waals surface area contributed by atoms with E-state index in [1.165, 1.54) is 0 Å². The lowest BCUT2D eigenvalue weighted by atomic mass is 10.1. The van der Waals surface area contributed by atoms with Crippen LogP contribution in [0.25, 0.3) is 5.65 Å². The van der Waals surface area contributed by atoms with Gasteiger partial charge in [0, 0.05) is 7.11 Å². The fraction of sp³-hybridized carbons (Fsp3) is 0.353. The lowest BCUT2D eigenvalue weighted by molar-refractivity contribution is -0.00181. The van der Waals surface area contributed by atoms with Crippen LogP contribution in [0.3, 0.4) is 0 Å². The van der Waals surface area contributed by atoms with Gasteiger partial charge in [0.25, 0.3) is 0 Å². The maximum Gasteiger partial charge on any atom is 0.240 e. The van der Waals surface area contributed by atoms with Crippen LogP contribution in [0.5, 0.6) is 0 Å². The summed E-state index contributed by atoms with van der Waals surface area (Å²) in [6.07, 6.45) is 3.19. The van der Waals surface area contributed by atoms with E-state index in [0.717, 1.165) is 17.7 Å². The molecule has 3 aromatic rings. The molecule has 132 valence electrons. The predicted molar refractivity (Wildman–Crippen MR) is 94.8 cm³/mol. The Morgan fingerprint density at radius 3 is 2.76 bits per heavy atom. The number of hydrogen-bond acceptors (Lipinski definition) is 7. The molecule has 8 nitrogen and oxygen atoms in total. The highest BCUT2D eigenvalue weighted by Gasteiger charge is 2.13. The summed E-state index contributed by atoms with van der Waals surface area (Å²) in [6.45, 7) is 1.08. The van der Waals surface area contributed by atoms with E-state index in [4.69, 9.17) is 20.9 Å². The van der Waals surface area contributed by atoms with Crippen LogP contribution in [0.1, 0.15) is 17.7 Å². The Bertz CT molecular complexity index is 821. The standard InChI is InChI=1S/C17H22N6O2/c1-24-14(11-25-10-12-5-3-2-4-6-12)8-7-13-9-20-16-15(18)21-17(19)22-23(13)16/h2-6,9,14H,7-8,10-11H2,1H3,(H4,18,19,21,22)/t14-/m0/s1. The number of nitrogens with two attached hydrogens (primary N) is 2. The van der Waals surface area contributed by atoms with E-state index in [0.29, 0.717) is 25.3 Å². The van der Waals surface area contributed by atoms with Gasteiger partial charge < -0.3 is 20.9 Å². The van der Waals surface area contributed by atoms with Gasteiger partial charge in [0.1, 0.15) is 0 Å². The quantitative estimate of drug-likeness (QED) is 0.637. The second-order valence-electron chi connectivity index (χ2n) is 5.74. The zero-order chi connectivity index (χ0) is 17.6. The normalized spacial score (nSPS) is 12.5. The molecule has 1 aromatic carbocycles. The van der Waals surface area contributed by atoms with Crippen LogP contribution in [0.2, 0.25) is 0 Å². The maximum absolute atomic E-state index is 5.81. The molecule has 0 unspecified atom stereocenters. The molecule has 0 fully saturated rings. The van der Waals surface area contributed by atoms with Gasteiger partial charge >= 0.3 is 0 Å². The minimum Gasteiger partial charge on any atom is -0.380 e. The van der Waals surface area contributed by atoms with E-state index in [1.807, 2.05) is 30.3 Å². The Hall–Kier alpha value is -2.71. The van der Waals surface area contributed by atoms with E-state index in [1.54, 1.807) is 17.8 Å². The third-order valence-electron chi connectivity index (χ3n) is 3.95. The molecule has 2 heterocycles. The molecule has 0 bridgehead atoms. The van der Waals surface area contributed by atoms with Crippen molar-refractivity contribution in [2.24, 2.45) is 0 Å². The number of fused-ring (bicyclic) bond motifs is 1. The molecule has 8 heteroatoms. The zero-order valence-corrected chi connectivity index (χ0v) is 14.1. The first-order chi connectivity index (χ1) is 12.2. The Morgan fingerprint density at radius 1 is 1.20 bits per heavy atom. The maximum atomic E-state index is 5.81. The highest BCUT2D eigenvalue weighted by atomic mass is 16.5.